The molecule has 0 fully saturated rings. The van der Waals surface area contributed by atoms with E-state index >= 15 is 0 Å². The summed E-state index contributed by atoms with van der Waals surface area (Å²) in [6.45, 7) is 5.01. The van der Waals surface area contributed by atoms with Crippen molar-refractivity contribution in [2.75, 3.05) is 6.61 Å². The molecule has 1 amide bonds. The van der Waals surface area contributed by atoms with Crippen molar-refractivity contribution >= 4 is 12.4 Å². The second-order valence-electron chi connectivity index (χ2n) is 8.87. The molecule has 0 bridgehead atoms. The van der Waals surface area contributed by atoms with E-state index in [0.717, 1.165) is 35.8 Å². The number of amides is 1. The van der Waals surface area contributed by atoms with E-state index in [0.29, 0.717) is 24.6 Å². The topological polar surface area (TPSA) is 46.6 Å². The first-order chi connectivity index (χ1) is 15.5. The fourth-order valence-electron chi connectivity index (χ4n) is 4.21. The van der Waals surface area contributed by atoms with Gasteiger partial charge in [-0.05, 0) is 52.6 Å². The Labute approximate surface area is 189 Å². The van der Waals surface area contributed by atoms with Gasteiger partial charge >= 0.3 is 6.09 Å². The predicted molar refractivity (Wildman–Crippen MR) is 127 cm³/mol. The molecule has 0 heterocycles. The fraction of sp³-hybridized carbons (Fsp3) is 0.286. The predicted octanol–water partition coefficient (Wildman–Crippen LogP) is 5.93. The Balaban J connectivity index is 1.52. The maximum atomic E-state index is 13.0. The molecule has 4 nitrogen and oxygen atoms in total. The van der Waals surface area contributed by atoms with Crippen molar-refractivity contribution < 1.29 is 14.3 Å². The molecule has 0 unspecified atom stereocenters. The first-order valence-corrected chi connectivity index (χ1v) is 11.2. The maximum absolute atomic E-state index is 13.0. The summed E-state index contributed by atoms with van der Waals surface area (Å²) in [6, 6.07) is 24.2. The number of aldehydes is 1. The van der Waals surface area contributed by atoms with Crippen LogP contribution in [0.15, 0.2) is 72.8 Å². The molecule has 0 N–H and O–H groups in total. The Morgan fingerprint density at radius 2 is 1.66 bits per heavy atom. The Hall–Kier alpha value is -3.40. The number of carbonyl (C=O) groups is 2. The Morgan fingerprint density at radius 3 is 2.28 bits per heavy atom. The minimum absolute atomic E-state index is 0.0935. The molecule has 0 atom stereocenters. The van der Waals surface area contributed by atoms with Crippen LogP contribution in [-0.2, 0) is 24.1 Å². The maximum Gasteiger partial charge on any atom is 0.410 e. The summed E-state index contributed by atoms with van der Waals surface area (Å²) in [4.78, 5) is 26.0. The first kappa shape index (κ1) is 21.8. The van der Waals surface area contributed by atoms with Crippen molar-refractivity contribution in [3.63, 3.8) is 0 Å². The lowest BCUT2D eigenvalue weighted by Gasteiger charge is -2.29. The van der Waals surface area contributed by atoms with Gasteiger partial charge in [0, 0.05) is 18.2 Å². The van der Waals surface area contributed by atoms with E-state index in [9.17, 15) is 9.59 Å². The minimum Gasteiger partial charge on any atom is -0.449 e. The van der Waals surface area contributed by atoms with Gasteiger partial charge in [0.2, 0.25) is 0 Å². The number of rotatable bonds is 7. The van der Waals surface area contributed by atoms with E-state index in [1.165, 1.54) is 11.1 Å². The van der Waals surface area contributed by atoms with Gasteiger partial charge in [0.25, 0.3) is 0 Å². The quantitative estimate of drug-likeness (QED) is 0.439. The summed E-state index contributed by atoms with van der Waals surface area (Å²) in [5, 5.41) is 0. The molecule has 0 aromatic heterocycles. The van der Waals surface area contributed by atoms with Gasteiger partial charge in [-0.1, -0.05) is 80.6 Å². The minimum atomic E-state index is -0.251. The highest BCUT2D eigenvalue weighted by molar-refractivity contribution is 5.78. The molecule has 0 spiro atoms. The lowest BCUT2D eigenvalue weighted by atomic mass is 10.0. The van der Waals surface area contributed by atoms with Crippen LogP contribution in [-0.4, -0.2) is 29.9 Å². The smallest absolute Gasteiger partial charge is 0.410 e. The summed E-state index contributed by atoms with van der Waals surface area (Å²) < 4.78 is 5.62. The summed E-state index contributed by atoms with van der Waals surface area (Å²) in [6.07, 6.45) is 2.31. The van der Waals surface area contributed by atoms with Gasteiger partial charge in [0.05, 0.1) is 6.61 Å². The number of benzene rings is 3. The van der Waals surface area contributed by atoms with E-state index < -0.39 is 0 Å². The molecule has 0 saturated heterocycles. The van der Waals surface area contributed by atoms with Crippen LogP contribution in [0, 0.1) is 5.92 Å². The molecular formula is C28H29NO3. The first-order valence-electron chi connectivity index (χ1n) is 11.2. The largest absolute Gasteiger partial charge is 0.449 e. The second-order valence-corrected chi connectivity index (χ2v) is 8.87. The van der Waals surface area contributed by atoms with Crippen LogP contribution in [0.25, 0.3) is 11.1 Å². The number of fused-ring (bicyclic) bond motifs is 1. The summed E-state index contributed by atoms with van der Waals surface area (Å²) >= 11 is 0. The zero-order valence-corrected chi connectivity index (χ0v) is 18.7. The van der Waals surface area contributed by atoms with Crippen LogP contribution in [0.5, 0.6) is 0 Å². The van der Waals surface area contributed by atoms with Crippen molar-refractivity contribution in [1.82, 2.24) is 4.90 Å². The van der Waals surface area contributed by atoms with Crippen molar-refractivity contribution in [1.29, 1.82) is 0 Å². The lowest BCUT2D eigenvalue weighted by molar-refractivity contribution is 0.0752. The number of carbonyl (C=O) groups excluding carboxylic acids is 2. The average molecular weight is 428 g/mol. The highest BCUT2D eigenvalue weighted by atomic mass is 16.6. The van der Waals surface area contributed by atoms with E-state index in [4.69, 9.17) is 4.74 Å². The van der Waals surface area contributed by atoms with Crippen LogP contribution < -0.4 is 0 Å². The lowest BCUT2D eigenvalue weighted by Crippen LogP contribution is -2.41. The normalized spacial score (nSPS) is 13.1. The van der Waals surface area contributed by atoms with E-state index in [1.807, 2.05) is 61.2 Å². The Kier molecular flexibility index (Phi) is 6.69. The number of nitrogens with zero attached hydrogens (tertiary/aromatic N) is 1. The van der Waals surface area contributed by atoms with Gasteiger partial charge < -0.3 is 9.64 Å². The van der Waals surface area contributed by atoms with Crippen molar-refractivity contribution in [3.05, 3.63) is 95.1 Å². The molecule has 164 valence electrons. The number of ether oxygens (including phenoxy) is 1. The average Bonchev–Trinajstić information content (AvgIpc) is 3.25. The highest BCUT2D eigenvalue weighted by Gasteiger charge is 2.31. The van der Waals surface area contributed by atoms with Crippen LogP contribution in [0.1, 0.15) is 40.9 Å². The molecule has 1 aliphatic rings. The molecule has 0 radical (unpaired) electrons. The SMILES string of the molecule is CC(C)COC(=O)N(Cc1ccc(-c2cccc(C=O)c2)cc1)C1Cc2ccccc2C1. The molecule has 3 aromatic rings. The van der Waals surface area contributed by atoms with E-state index in [1.54, 1.807) is 6.07 Å². The van der Waals surface area contributed by atoms with Crippen molar-refractivity contribution in [3.8, 4) is 11.1 Å². The van der Waals surface area contributed by atoms with Gasteiger partial charge in [0.15, 0.2) is 0 Å². The van der Waals surface area contributed by atoms with Crippen LogP contribution in [0.2, 0.25) is 0 Å². The molecule has 0 aliphatic heterocycles. The van der Waals surface area contributed by atoms with Crippen molar-refractivity contribution in [2.45, 2.75) is 39.3 Å². The third kappa shape index (κ3) is 5.08. The van der Waals surface area contributed by atoms with Gasteiger partial charge in [-0.2, -0.15) is 0 Å². The third-order valence-corrected chi connectivity index (χ3v) is 5.91. The molecule has 32 heavy (non-hydrogen) atoms. The number of hydrogen-bond acceptors (Lipinski definition) is 3. The monoisotopic (exact) mass is 427 g/mol. The standard InChI is InChI=1S/C28H29NO3/c1-20(2)19-32-28(31)29(27-15-25-7-3-4-8-26(25)16-27)17-21-10-12-23(13-11-21)24-9-5-6-22(14-24)18-30/h3-14,18,20,27H,15-17,19H2,1-2H3. The fourth-order valence-corrected chi connectivity index (χ4v) is 4.21. The van der Waals surface area contributed by atoms with E-state index in [-0.39, 0.29) is 12.1 Å². The Bertz CT molecular complexity index is 1060. The van der Waals surface area contributed by atoms with Gasteiger partial charge in [-0.3, -0.25) is 4.79 Å². The summed E-state index contributed by atoms with van der Waals surface area (Å²) in [7, 11) is 0. The van der Waals surface area contributed by atoms with Gasteiger partial charge in [-0.15, -0.1) is 0 Å². The number of hydrogen-bond donors (Lipinski definition) is 0. The van der Waals surface area contributed by atoms with Crippen molar-refractivity contribution in [2.24, 2.45) is 5.92 Å². The second kappa shape index (κ2) is 9.82. The molecular weight excluding hydrogens is 398 g/mol. The van der Waals surface area contributed by atoms with Crippen LogP contribution in [0.3, 0.4) is 0 Å². The molecule has 4 rings (SSSR count). The van der Waals surface area contributed by atoms with Gasteiger partial charge in [0.1, 0.15) is 6.29 Å². The highest BCUT2D eigenvalue weighted by Crippen LogP contribution is 2.28. The molecule has 4 heteroatoms. The zero-order chi connectivity index (χ0) is 22.5. The zero-order valence-electron chi connectivity index (χ0n) is 18.7. The molecule has 1 aliphatic carbocycles. The molecule has 0 saturated carbocycles. The Morgan fingerprint density at radius 1 is 0.969 bits per heavy atom. The summed E-state index contributed by atoms with van der Waals surface area (Å²) in [5.74, 6) is 0.294. The summed E-state index contributed by atoms with van der Waals surface area (Å²) in [5.41, 5.74) is 6.37. The molecule has 3 aromatic carbocycles. The van der Waals surface area contributed by atoms with E-state index in [2.05, 4.69) is 24.3 Å². The van der Waals surface area contributed by atoms with Crippen LogP contribution in [0.4, 0.5) is 4.79 Å². The van der Waals surface area contributed by atoms with Crippen LogP contribution >= 0.6 is 0 Å². The van der Waals surface area contributed by atoms with Gasteiger partial charge in [-0.25, -0.2) is 4.79 Å². The third-order valence-electron chi connectivity index (χ3n) is 5.91.